The van der Waals surface area contributed by atoms with Crippen LogP contribution >= 0.6 is 0 Å². The SMILES string of the molecule is COc1cccc(C(=O)NC2CC(N)C2)c1OC. The molecule has 0 aliphatic heterocycles. The van der Waals surface area contributed by atoms with E-state index in [0.717, 1.165) is 12.8 Å². The van der Waals surface area contributed by atoms with Gasteiger partial charge < -0.3 is 20.5 Å². The number of amides is 1. The van der Waals surface area contributed by atoms with Crippen molar-refractivity contribution >= 4 is 5.91 Å². The van der Waals surface area contributed by atoms with Gasteiger partial charge in [0, 0.05) is 12.1 Å². The van der Waals surface area contributed by atoms with Crippen molar-refractivity contribution in [2.24, 2.45) is 5.73 Å². The van der Waals surface area contributed by atoms with Crippen LogP contribution in [0.5, 0.6) is 11.5 Å². The van der Waals surface area contributed by atoms with E-state index in [9.17, 15) is 4.79 Å². The van der Waals surface area contributed by atoms with E-state index in [2.05, 4.69) is 5.32 Å². The average molecular weight is 250 g/mol. The predicted molar refractivity (Wildman–Crippen MR) is 68.0 cm³/mol. The van der Waals surface area contributed by atoms with Crippen LogP contribution in [-0.4, -0.2) is 32.2 Å². The van der Waals surface area contributed by atoms with Crippen LogP contribution in [0.4, 0.5) is 0 Å². The number of hydrogen-bond acceptors (Lipinski definition) is 4. The van der Waals surface area contributed by atoms with Gasteiger partial charge in [0.1, 0.15) is 0 Å². The highest BCUT2D eigenvalue weighted by Crippen LogP contribution is 2.31. The molecule has 1 saturated carbocycles. The number of ether oxygens (including phenoxy) is 2. The highest BCUT2D eigenvalue weighted by molar-refractivity contribution is 5.98. The standard InChI is InChI=1S/C13H18N2O3/c1-17-11-5-3-4-10(12(11)18-2)13(16)15-9-6-8(14)7-9/h3-5,8-9H,6-7,14H2,1-2H3,(H,15,16). The van der Waals surface area contributed by atoms with Crippen LogP contribution < -0.4 is 20.5 Å². The molecule has 0 atom stereocenters. The maximum absolute atomic E-state index is 12.1. The van der Waals surface area contributed by atoms with Gasteiger partial charge in [-0.25, -0.2) is 0 Å². The van der Waals surface area contributed by atoms with Crippen molar-refractivity contribution in [3.05, 3.63) is 23.8 Å². The van der Waals surface area contributed by atoms with Crippen LogP contribution in [0.1, 0.15) is 23.2 Å². The molecule has 5 heteroatoms. The molecule has 18 heavy (non-hydrogen) atoms. The Morgan fingerprint density at radius 2 is 2.06 bits per heavy atom. The molecule has 1 fully saturated rings. The number of nitrogens with one attached hydrogen (secondary N) is 1. The maximum atomic E-state index is 12.1. The van der Waals surface area contributed by atoms with Crippen molar-refractivity contribution in [1.29, 1.82) is 0 Å². The summed E-state index contributed by atoms with van der Waals surface area (Å²) in [6.07, 6.45) is 1.66. The Bertz CT molecular complexity index is 442. The molecule has 3 N–H and O–H groups in total. The maximum Gasteiger partial charge on any atom is 0.255 e. The third kappa shape index (κ3) is 2.41. The van der Waals surface area contributed by atoms with Crippen molar-refractivity contribution in [1.82, 2.24) is 5.32 Å². The molecule has 0 bridgehead atoms. The lowest BCUT2D eigenvalue weighted by molar-refractivity contribution is 0.0906. The van der Waals surface area contributed by atoms with Gasteiger partial charge in [-0.2, -0.15) is 0 Å². The lowest BCUT2D eigenvalue weighted by atomic mass is 9.87. The molecule has 1 aliphatic carbocycles. The van der Waals surface area contributed by atoms with Gasteiger partial charge in [-0.1, -0.05) is 6.07 Å². The Hall–Kier alpha value is -1.75. The van der Waals surface area contributed by atoms with E-state index in [1.165, 1.54) is 7.11 Å². The summed E-state index contributed by atoms with van der Waals surface area (Å²) < 4.78 is 10.4. The van der Waals surface area contributed by atoms with E-state index in [4.69, 9.17) is 15.2 Å². The van der Waals surface area contributed by atoms with Crippen molar-refractivity contribution in [2.45, 2.75) is 24.9 Å². The Morgan fingerprint density at radius 3 is 2.61 bits per heavy atom. The average Bonchev–Trinajstić information content (AvgIpc) is 2.35. The largest absolute Gasteiger partial charge is 0.493 e. The smallest absolute Gasteiger partial charge is 0.255 e. The summed E-state index contributed by atoms with van der Waals surface area (Å²) >= 11 is 0. The van der Waals surface area contributed by atoms with Crippen LogP contribution in [0.25, 0.3) is 0 Å². The number of carbonyl (C=O) groups is 1. The summed E-state index contributed by atoms with van der Waals surface area (Å²) in [6.45, 7) is 0. The van der Waals surface area contributed by atoms with Crippen molar-refractivity contribution < 1.29 is 14.3 Å². The molecule has 0 heterocycles. The molecule has 1 aromatic carbocycles. The highest BCUT2D eigenvalue weighted by atomic mass is 16.5. The summed E-state index contributed by atoms with van der Waals surface area (Å²) in [5.74, 6) is 0.860. The summed E-state index contributed by atoms with van der Waals surface area (Å²) in [5, 5.41) is 2.93. The number of carbonyl (C=O) groups excluding carboxylic acids is 1. The second kappa shape index (κ2) is 5.27. The van der Waals surface area contributed by atoms with Gasteiger partial charge in [-0.05, 0) is 25.0 Å². The molecule has 0 spiro atoms. The second-order valence-electron chi connectivity index (χ2n) is 4.44. The lowest BCUT2D eigenvalue weighted by Gasteiger charge is -2.33. The molecular formula is C13H18N2O3. The third-order valence-electron chi connectivity index (χ3n) is 3.16. The molecule has 0 radical (unpaired) electrons. The number of para-hydroxylation sites is 1. The van der Waals surface area contributed by atoms with Crippen LogP contribution in [0.2, 0.25) is 0 Å². The predicted octanol–water partition coefficient (Wildman–Crippen LogP) is 0.923. The Kier molecular flexibility index (Phi) is 3.72. The van der Waals surface area contributed by atoms with Gasteiger partial charge in [-0.3, -0.25) is 4.79 Å². The summed E-state index contributed by atoms with van der Waals surface area (Å²) in [5.41, 5.74) is 6.17. The minimum atomic E-state index is -0.150. The zero-order chi connectivity index (χ0) is 13.1. The first-order valence-electron chi connectivity index (χ1n) is 5.93. The number of hydrogen-bond donors (Lipinski definition) is 2. The zero-order valence-corrected chi connectivity index (χ0v) is 10.6. The first-order chi connectivity index (χ1) is 8.65. The summed E-state index contributed by atoms with van der Waals surface area (Å²) in [7, 11) is 3.07. The first kappa shape index (κ1) is 12.7. The van der Waals surface area contributed by atoms with Gasteiger partial charge in [0.25, 0.3) is 5.91 Å². The van der Waals surface area contributed by atoms with Crippen molar-refractivity contribution in [3.63, 3.8) is 0 Å². The van der Waals surface area contributed by atoms with Crippen LogP contribution in [0.3, 0.4) is 0 Å². The number of methoxy groups -OCH3 is 2. The molecule has 5 nitrogen and oxygen atoms in total. The van der Waals surface area contributed by atoms with Crippen LogP contribution in [-0.2, 0) is 0 Å². The number of benzene rings is 1. The van der Waals surface area contributed by atoms with Crippen LogP contribution in [0, 0.1) is 0 Å². The summed E-state index contributed by atoms with van der Waals surface area (Å²) in [6, 6.07) is 5.62. The molecule has 98 valence electrons. The molecule has 1 aromatic rings. The van der Waals surface area contributed by atoms with E-state index in [1.807, 2.05) is 0 Å². The molecule has 1 amide bonds. The fraction of sp³-hybridized carbons (Fsp3) is 0.462. The van der Waals surface area contributed by atoms with E-state index in [-0.39, 0.29) is 18.0 Å². The van der Waals surface area contributed by atoms with E-state index in [1.54, 1.807) is 25.3 Å². The zero-order valence-electron chi connectivity index (χ0n) is 10.6. The fourth-order valence-corrected chi connectivity index (χ4v) is 2.11. The second-order valence-corrected chi connectivity index (χ2v) is 4.44. The van der Waals surface area contributed by atoms with Gasteiger partial charge in [0.2, 0.25) is 0 Å². The van der Waals surface area contributed by atoms with Gasteiger partial charge in [-0.15, -0.1) is 0 Å². The monoisotopic (exact) mass is 250 g/mol. The van der Waals surface area contributed by atoms with Crippen molar-refractivity contribution in [2.75, 3.05) is 14.2 Å². The van der Waals surface area contributed by atoms with E-state index < -0.39 is 0 Å². The normalized spacial score (nSPS) is 21.9. The van der Waals surface area contributed by atoms with E-state index >= 15 is 0 Å². The Morgan fingerprint density at radius 1 is 1.33 bits per heavy atom. The fourth-order valence-electron chi connectivity index (χ4n) is 2.11. The minimum absolute atomic E-state index is 0.150. The molecule has 2 rings (SSSR count). The number of nitrogens with two attached hydrogens (primary N) is 1. The van der Waals surface area contributed by atoms with E-state index in [0.29, 0.717) is 17.1 Å². The van der Waals surface area contributed by atoms with Gasteiger partial charge in [0.05, 0.1) is 19.8 Å². The molecule has 0 aromatic heterocycles. The molecular weight excluding hydrogens is 232 g/mol. The Balaban J connectivity index is 2.14. The lowest BCUT2D eigenvalue weighted by Crippen LogP contribution is -2.50. The minimum Gasteiger partial charge on any atom is -0.493 e. The third-order valence-corrected chi connectivity index (χ3v) is 3.16. The van der Waals surface area contributed by atoms with Gasteiger partial charge in [0.15, 0.2) is 11.5 Å². The quantitative estimate of drug-likeness (QED) is 0.833. The first-order valence-corrected chi connectivity index (χ1v) is 5.93. The summed E-state index contributed by atoms with van der Waals surface area (Å²) in [4.78, 5) is 12.1. The molecule has 0 unspecified atom stereocenters. The number of rotatable bonds is 4. The topological polar surface area (TPSA) is 73.6 Å². The van der Waals surface area contributed by atoms with Crippen molar-refractivity contribution in [3.8, 4) is 11.5 Å². The van der Waals surface area contributed by atoms with Gasteiger partial charge >= 0.3 is 0 Å². The Labute approximate surface area is 106 Å². The molecule has 1 aliphatic rings. The van der Waals surface area contributed by atoms with Crippen LogP contribution in [0.15, 0.2) is 18.2 Å². The highest BCUT2D eigenvalue weighted by Gasteiger charge is 2.28. The molecule has 0 saturated heterocycles.